The van der Waals surface area contributed by atoms with Crippen LogP contribution in [0.5, 0.6) is 5.75 Å². The van der Waals surface area contributed by atoms with E-state index in [0.29, 0.717) is 6.07 Å². The van der Waals surface area contributed by atoms with Crippen LogP contribution in [0, 0.1) is 5.92 Å². The van der Waals surface area contributed by atoms with Crippen LogP contribution < -0.4 is 10.4 Å². The van der Waals surface area contributed by atoms with Gasteiger partial charge in [0.25, 0.3) is 0 Å². The Kier molecular flexibility index (Phi) is 6.56. The zero-order valence-corrected chi connectivity index (χ0v) is 19.9. The van der Waals surface area contributed by atoms with Gasteiger partial charge < -0.3 is 23.4 Å². The molecular weight excluding hydrogens is 445 g/mol. The summed E-state index contributed by atoms with van der Waals surface area (Å²) in [7, 11) is -2.16. The summed E-state index contributed by atoms with van der Waals surface area (Å²) in [5, 5.41) is 9.53. The molecular formula is C22H29F3O6Si. The number of aliphatic hydroxyl groups is 1. The average molecular weight is 475 g/mol. The quantitative estimate of drug-likeness (QED) is 0.489. The van der Waals surface area contributed by atoms with Crippen LogP contribution in [0.4, 0.5) is 13.2 Å². The number of hydrogen-bond donors (Lipinski definition) is 1. The van der Waals surface area contributed by atoms with Gasteiger partial charge in [0.1, 0.15) is 17.4 Å². The molecule has 1 aliphatic rings. The minimum Gasteiger partial charge on any atom is -0.464 e. The predicted octanol–water partition coefficient (Wildman–Crippen LogP) is 4.93. The zero-order chi connectivity index (χ0) is 24.1. The molecule has 0 amide bonds. The molecule has 1 aromatic carbocycles. The number of benzene rings is 1. The van der Waals surface area contributed by atoms with Crippen molar-refractivity contribution in [3.63, 3.8) is 0 Å². The first-order chi connectivity index (χ1) is 14.6. The minimum absolute atomic E-state index is 0.0439. The third-order valence-electron chi connectivity index (χ3n) is 6.31. The summed E-state index contributed by atoms with van der Waals surface area (Å²) < 4.78 is 62.9. The highest BCUT2D eigenvalue weighted by Crippen LogP contribution is 2.42. The van der Waals surface area contributed by atoms with Crippen molar-refractivity contribution in [1.82, 2.24) is 0 Å². The Bertz CT molecular complexity index is 1030. The van der Waals surface area contributed by atoms with Gasteiger partial charge in [-0.1, -0.05) is 27.7 Å². The molecule has 6 nitrogen and oxygen atoms in total. The third kappa shape index (κ3) is 4.88. The van der Waals surface area contributed by atoms with Gasteiger partial charge in [-0.05, 0) is 30.3 Å². The van der Waals surface area contributed by atoms with E-state index < -0.39 is 44.2 Å². The predicted molar refractivity (Wildman–Crippen MR) is 115 cm³/mol. The average Bonchev–Trinajstić information content (AvgIpc) is 2.94. The number of rotatable bonds is 5. The molecule has 4 atom stereocenters. The number of halogens is 3. The molecule has 1 fully saturated rings. The maximum atomic E-state index is 13.3. The van der Waals surface area contributed by atoms with Gasteiger partial charge >= 0.3 is 11.8 Å². The van der Waals surface area contributed by atoms with Crippen molar-refractivity contribution < 1.29 is 36.6 Å². The van der Waals surface area contributed by atoms with E-state index in [2.05, 4.69) is 33.9 Å². The summed E-state index contributed by atoms with van der Waals surface area (Å²) in [6, 6.07) is 4.23. The van der Waals surface area contributed by atoms with Gasteiger partial charge in [-0.15, -0.1) is 0 Å². The molecule has 1 unspecified atom stereocenters. The van der Waals surface area contributed by atoms with Crippen molar-refractivity contribution in [1.29, 1.82) is 0 Å². The summed E-state index contributed by atoms with van der Waals surface area (Å²) >= 11 is 0. The second-order valence-electron chi connectivity index (χ2n) is 9.68. The first-order valence-corrected chi connectivity index (χ1v) is 13.3. The van der Waals surface area contributed by atoms with Crippen LogP contribution in [0.2, 0.25) is 18.1 Å². The lowest BCUT2D eigenvalue weighted by molar-refractivity contribution is -0.136. The van der Waals surface area contributed by atoms with E-state index in [1.165, 1.54) is 18.2 Å². The maximum absolute atomic E-state index is 13.3. The fraction of sp³-hybridized carbons (Fsp3) is 0.591. The molecule has 1 aromatic heterocycles. The minimum atomic E-state index is -4.69. The molecule has 10 heteroatoms. The highest BCUT2D eigenvalue weighted by atomic mass is 28.4. The number of hydrogen-bond acceptors (Lipinski definition) is 6. The molecule has 0 bridgehead atoms. The van der Waals surface area contributed by atoms with Gasteiger partial charge in [-0.3, -0.25) is 0 Å². The number of fused-ring (bicyclic) bond motifs is 1. The topological polar surface area (TPSA) is 78.1 Å². The van der Waals surface area contributed by atoms with Gasteiger partial charge in [0.2, 0.25) is 6.29 Å². The second kappa shape index (κ2) is 8.47. The van der Waals surface area contributed by atoms with Crippen LogP contribution in [-0.4, -0.2) is 38.5 Å². The molecule has 32 heavy (non-hydrogen) atoms. The fourth-order valence-electron chi connectivity index (χ4n) is 3.43. The van der Waals surface area contributed by atoms with E-state index >= 15 is 0 Å². The van der Waals surface area contributed by atoms with Gasteiger partial charge in [0.05, 0.1) is 18.3 Å². The number of ether oxygens (including phenoxy) is 2. The van der Waals surface area contributed by atoms with E-state index in [1.54, 1.807) is 0 Å². The summed E-state index contributed by atoms with van der Waals surface area (Å²) in [6.45, 7) is 12.2. The normalized spacial score (nSPS) is 24.8. The maximum Gasteiger partial charge on any atom is 0.417 e. The van der Waals surface area contributed by atoms with Crippen molar-refractivity contribution in [2.24, 2.45) is 5.92 Å². The van der Waals surface area contributed by atoms with Gasteiger partial charge in [0.15, 0.2) is 8.32 Å². The van der Waals surface area contributed by atoms with Crippen molar-refractivity contribution >= 4 is 19.3 Å². The molecule has 178 valence electrons. The van der Waals surface area contributed by atoms with Crippen LogP contribution in [0.25, 0.3) is 11.0 Å². The van der Waals surface area contributed by atoms with Crippen LogP contribution >= 0.6 is 0 Å². The molecule has 0 radical (unpaired) electrons. The van der Waals surface area contributed by atoms with Crippen molar-refractivity contribution in [3.05, 3.63) is 40.2 Å². The van der Waals surface area contributed by atoms with Gasteiger partial charge in [-0.25, -0.2) is 4.79 Å². The molecule has 1 aliphatic heterocycles. The summed E-state index contributed by atoms with van der Waals surface area (Å²) in [5.41, 5.74) is -2.40. The number of aliphatic hydroxyl groups excluding tert-OH is 1. The molecule has 2 heterocycles. The van der Waals surface area contributed by atoms with Crippen LogP contribution in [0.15, 0.2) is 33.5 Å². The monoisotopic (exact) mass is 474 g/mol. The summed E-state index contributed by atoms with van der Waals surface area (Å²) in [5.74, 6) is -0.0769. The Labute approximate surface area is 185 Å². The molecule has 2 aromatic rings. The van der Waals surface area contributed by atoms with Crippen LogP contribution in [-0.2, 0) is 15.3 Å². The first-order valence-electron chi connectivity index (χ1n) is 10.4. The summed E-state index contributed by atoms with van der Waals surface area (Å²) in [4.78, 5) is 11.6. The van der Waals surface area contributed by atoms with Gasteiger partial charge in [0, 0.05) is 23.4 Å². The van der Waals surface area contributed by atoms with E-state index in [9.17, 15) is 23.1 Å². The van der Waals surface area contributed by atoms with Crippen LogP contribution in [0.1, 0.15) is 33.3 Å². The Morgan fingerprint density at radius 3 is 2.38 bits per heavy atom. The molecule has 3 rings (SSSR count). The zero-order valence-electron chi connectivity index (χ0n) is 18.9. The largest absolute Gasteiger partial charge is 0.464 e. The van der Waals surface area contributed by atoms with Gasteiger partial charge in [-0.2, -0.15) is 13.2 Å². The highest BCUT2D eigenvalue weighted by Gasteiger charge is 2.49. The number of alkyl halides is 3. The molecule has 1 N–H and O–H groups in total. The molecule has 0 spiro atoms. The lowest BCUT2D eigenvalue weighted by Crippen LogP contribution is -2.48. The molecule has 0 aliphatic carbocycles. The van der Waals surface area contributed by atoms with E-state index in [0.717, 1.165) is 0 Å². The Hall–Kier alpha value is -1.88. The Balaban J connectivity index is 1.86. The van der Waals surface area contributed by atoms with Crippen LogP contribution in [0.3, 0.4) is 0 Å². The highest BCUT2D eigenvalue weighted by molar-refractivity contribution is 6.74. The van der Waals surface area contributed by atoms with E-state index in [1.807, 2.05) is 6.92 Å². The van der Waals surface area contributed by atoms with E-state index in [-0.39, 0.29) is 34.3 Å². The Morgan fingerprint density at radius 1 is 1.16 bits per heavy atom. The van der Waals surface area contributed by atoms with E-state index in [4.69, 9.17) is 18.3 Å². The van der Waals surface area contributed by atoms with Crippen molar-refractivity contribution in [2.75, 3.05) is 6.61 Å². The fourth-order valence-corrected chi connectivity index (χ4v) is 4.83. The molecule has 0 saturated carbocycles. The summed E-state index contributed by atoms with van der Waals surface area (Å²) in [6.07, 6.45) is -6.49. The lowest BCUT2D eigenvalue weighted by Gasteiger charge is -2.40. The molecule has 1 saturated heterocycles. The smallest absolute Gasteiger partial charge is 0.417 e. The second-order valence-corrected chi connectivity index (χ2v) is 14.4. The SMILES string of the molecule is CC1[C@H](Oc2ccc3c(C(F)(F)F)cc(=O)oc3c2)O[C@H](CO)[C@H]1O[Si](C)(C)C(C)(C)C. The first kappa shape index (κ1) is 24.8. The standard InChI is InChI=1S/C22H29F3O6Si/c1-12-19(31-32(5,6)21(2,3)4)17(11-26)30-20(12)28-13-7-8-14-15(22(23,24)25)10-18(27)29-16(14)9-13/h7-10,12,17,19-20,26H,11H2,1-6H3/t12?,17-,19+,20-/m1/s1. The third-order valence-corrected chi connectivity index (χ3v) is 10.8. The Morgan fingerprint density at radius 2 is 1.81 bits per heavy atom. The lowest BCUT2D eigenvalue weighted by atomic mass is 10.0. The van der Waals surface area contributed by atoms with Crippen molar-refractivity contribution in [2.45, 2.75) is 70.5 Å². The van der Waals surface area contributed by atoms with Crippen molar-refractivity contribution in [3.8, 4) is 5.75 Å².